The minimum Gasteiger partial charge on any atom is -0.395 e. The van der Waals surface area contributed by atoms with Crippen LogP contribution in [-0.4, -0.2) is 23.7 Å². The lowest BCUT2D eigenvalue weighted by molar-refractivity contribution is 0.0935. The van der Waals surface area contributed by atoms with Gasteiger partial charge < -0.3 is 10.4 Å². The SMILES string of the molecule is CCC(C)CC(C)NC(=O)c1ccccc1C#CCCO. The van der Waals surface area contributed by atoms with E-state index >= 15 is 0 Å². The molecule has 21 heavy (non-hydrogen) atoms. The quantitative estimate of drug-likeness (QED) is 0.790. The summed E-state index contributed by atoms with van der Waals surface area (Å²) in [4.78, 5) is 12.4. The highest BCUT2D eigenvalue weighted by Crippen LogP contribution is 2.12. The van der Waals surface area contributed by atoms with E-state index in [1.165, 1.54) is 0 Å². The molecule has 2 N–H and O–H groups in total. The lowest BCUT2D eigenvalue weighted by atomic mass is 9.99. The van der Waals surface area contributed by atoms with Crippen molar-refractivity contribution in [1.82, 2.24) is 5.32 Å². The van der Waals surface area contributed by atoms with E-state index in [2.05, 4.69) is 31.0 Å². The molecule has 2 atom stereocenters. The lowest BCUT2D eigenvalue weighted by Crippen LogP contribution is -2.34. The highest BCUT2D eigenvalue weighted by Gasteiger charge is 2.14. The Morgan fingerprint density at radius 3 is 2.71 bits per heavy atom. The molecule has 3 heteroatoms. The average molecular weight is 287 g/mol. The first kappa shape index (κ1) is 17.3. The number of aliphatic hydroxyl groups is 1. The summed E-state index contributed by atoms with van der Waals surface area (Å²) in [5, 5.41) is 11.8. The maximum Gasteiger partial charge on any atom is 0.252 e. The van der Waals surface area contributed by atoms with E-state index in [1.54, 1.807) is 6.07 Å². The first-order valence-electron chi connectivity index (χ1n) is 7.58. The Bertz CT molecular complexity index is 513. The zero-order chi connectivity index (χ0) is 15.7. The lowest BCUT2D eigenvalue weighted by Gasteiger charge is -2.18. The summed E-state index contributed by atoms with van der Waals surface area (Å²) >= 11 is 0. The topological polar surface area (TPSA) is 49.3 Å². The van der Waals surface area contributed by atoms with Gasteiger partial charge in [-0.2, -0.15) is 0 Å². The summed E-state index contributed by atoms with van der Waals surface area (Å²) in [7, 11) is 0. The van der Waals surface area contributed by atoms with Gasteiger partial charge >= 0.3 is 0 Å². The van der Waals surface area contributed by atoms with Crippen LogP contribution < -0.4 is 5.32 Å². The van der Waals surface area contributed by atoms with Gasteiger partial charge in [0.2, 0.25) is 0 Å². The van der Waals surface area contributed by atoms with Crippen molar-refractivity contribution in [2.75, 3.05) is 6.61 Å². The van der Waals surface area contributed by atoms with Crippen molar-refractivity contribution < 1.29 is 9.90 Å². The number of hydrogen-bond donors (Lipinski definition) is 2. The maximum absolute atomic E-state index is 12.4. The summed E-state index contributed by atoms with van der Waals surface area (Å²) in [6.07, 6.45) is 2.50. The first-order valence-corrected chi connectivity index (χ1v) is 7.58. The van der Waals surface area contributed by atoms with Crippen LogP contribution in [0.15, 0.2) is 24.3 Å². The predicted octanol–water partition coefficient (Wildman–Crippen LogP) is 2.98. The number of aliphatic hydroxyl groups excluding tert-OH is 1. The van der Waals surface area contributed by atoms with Crippen LogP contribution >= 0.6 is 0 Å². The molecule has 0 fully saturated rings. The van der Waals surface area contributed by atoms with E-state index in [1.807, 2.05) is 25.1 Å². The largest absolute Gasteiger partial charge is 0.395 e. The van der Waals surface area contributed by atoms with Gasteiger partial charge in [-0.3, -0.25) is 4.79 Å². The minimum atomic E-state index is -0.0836. The summed E-state index contributed by atoms with van der Waals surface area (Å²) in [5.41, 5.74) is 1.30. The number of benzene rings is 1. The van der Waals surface area contributed by atoms with Gasteiger partial charge in [0.05, 0.1) is 12.2 Å². The monoisotopic (exact) mass is 287 g/mol. The Morgan fingerprint density at radius 1 is 1.33 bits per heavy atom. The first-order chi connectivity index (χ1) is 10.1. The van der Waals surface area contributed by atoms with E-state index in [4.69, 9.17) is 5.11 Å². The predicted molar refractivity (Wildman–Crippen MR) is 86.0 cm³/mol. The van der Waals surface area contributed by atoms with Crippen molar-refractivity contribution >= 4 is 5.91 Å². The van der Waals surface area contributed by atoms with Crippen LogP contribution in [0.4, 0.5) is 0 Å². The van der Waals surface area contributed by atoms with Crippen molar-refractivity contribution in [2.45, 2.75) is 46.1 Å². The van der Waals surface area contributed by atoms with Crippen LogP contribution in [0, 0.1) is 17.8 Å². The van der Waals surface area contributed by atoms with Crippen LogP contribution in [0.3, 0.4) is 0 Å². The third-order valence-corrected chi connectivity index (χ3v) is 3.46. The van der Waals surface area contributed by atoms with Gasteiger partial charge in [0.15, 0.2) is 0 Å². The number of nitrogens with one attached hydrogen (secondary N) is 1. The molecule has 1 aromatic rings. The van der Waals surface area contributed by atoms with Gasteiger partial charge in [0.1, 0.15) is 0 Å². The molecule has 1 amide bonds. The van der Waals surface area contributed by atoms with Crippen LogP contribution in [0.1, 0.15) is 56.0 Å². The third kappa shape index (κ3) is 6.01. The molecule has 0 radical (unpaired) electrons. The van der Waals surface area contributed by atoms with Crippen LogP contribution in [-0.2, 0) is 0 Å². The van der Waals surface area contributed by atoms with Gasteiger partial charge in [-0.05, 0) is 31.4 Å². The van der Waals surface area contributed by atoms with Crippen molar-refractivity contribution in [3.8, 4) is 11.8 Å². The van der Waals surface area contributed by atoms with Gasteiger partial charge in [-0.1, -0.05) is 44.2 Å². The molecular weight excluding hydrogens is 262 g/mol. The molecule has 0 aliphatic carbocycles. The van der Waals surface area contributed by atoms with E-state index in [-0.39, 0.29) is 18.6 Å². The Hall–Kier alpha value is -1.79. The van der Waals surface area contributed by atoms with Crippen molar-refractivity contribution in [1.29, 1.82) is 0 Å². The number of carbonyl (C=O) groups is 1. The van der Waals surface area contributed by atoms with E-state index < -0.39 is 0 Å². The number of hydrogen-bond acceptors (Lipinski definition) is 2. The summed E-state index contributed by atoms with van der Waals surface area (Å²) < 4.78 is 0. The Labute approximate surface area is 127 Å². The summed E-state index contributed by atoms with van der Waals surface area (Å²) in [6, 6.07) is 7.46. The fourth-order valence-electron chi connectivity index (χ4n) is 2.13. The highest BCUT2D eigenvalue weighted by atomic mass is 16.2. The maximum atomic E-state index is 12.4. The number of rotatable bonds is 6. The molecule has 0 aliphatic rings. The fraction of sp³-hybridized carbons (Fsp3) is 0.500. The molecule has 0 aliphatic heterocycles. The molecule has 0 aromatic heterocycles. The smallest absolute Gasteiger partial charge is 0.252 e. The molecule has 0 saturated heterocycles. The summed E-state index contributed by atoms with van der Waals surface area (Å²) in [5.74, 6) is 6.32. The highest BCUT2D eigenvalue weighted by molar-refractivity contribution is 5.96. The Morgan fingerprint density at radius 2 is 2.05 bits per heavy atom. The normalized spacial score (nSPS) is 13.0. The molecule has 0 spiro atoms. The third-order valence-electron chi connectivity index (χ3n) is 3.46. The molecule has 2 unspecified atom stereocenters. The molecular formula is C18H25NO2. The summed E-state index contributed by atoms with van der Waals surface area (Å²) in [6.45, 7) is 6.42. The van der Waals surface area contributed by atoms with Crippen molar-refractivity contribution in [3.05, 3.63) is 35.4 Å². The van der Waals surface area contributed by atoms with E-state index in [0.29, 0.717) is 23.5 Å². The second-order valence-corrected chi connectivity index (χ2v) is 5.44. The van der Waals surface area contributed by atoms with Gasteiger partial charge in [0.25, 0.3) is 5.91 Å². The molecule has 0 saturated carbocycles. The number of amides is 1. The standard InChI is InChI=1S/C18H25NO2/c1-4-14(2)13-15(3)19-18(21)17-11-6-5-9-16(17)10-7-8-12-20/h5-6,9,11,14-15,20H,4,8,12-13H2,1-3H3,(H,19,21). The zero-order valence-corrected chi connectivity index (χ0v) is 13.1. The molecule has 1 aromatic carbocycles. The number of carbonyl (C=O) groups excluding carboxylic acids is 1. The van der Waals surface area contributed by atoms with Crippen molar-refractivity contribution in [2.24, 2.45) is 5.92 Å². The molecule has 0 heterocycles. The minimum absolute atomic E-state index is 0.0350. The van der Waals surface area contributed by atoms with Crippen LogP contribution in [0.25, 0.3) is 0 Å². The van der Waals surface area contributed by atoms with E-state index in [0.717, 1.165) is 12.8 Å². The molecule has 1 rings (SSSR count). The fourth-order valence-corrected chi connectivity index (χ4v) is 2.13. The molecule has 114 valence electrons. The van der Waals surface area contributed by atoms with E-state index in [9.17, 15) is 4.79 Å². The zero-order valence-electron chi connectivity index (χ0n) is 13.1. The second-order valence-electron chi connectivity index (χ2n) is 5.44. The second kappa shape index (κ2) is 9.20. The average Bonchev–Trinajstić information content (AvgIpc) is 2.47. The van der Waals surface area contributed by atoms with Gasteiger partial charge in [-0.25, -0.2) is 0 Å². The Balaban J connectivity index is 2.76. The van der Waals surface area contributed by atoms with Gasteiger partial charge in [0, 0.05) is 18.0 Å². The van der Waals surface area contributed by atoms with Crippen LogP contribution in [0.2, 0.25) is 0 Å². The van der Waals surface area contributed by atoms with Crippen molar-refractivity contribution in [3.63, 3.8) is 0 Å². The van der Waals surface area contributed by atoms with Crippen LogP contribution in [0.5, 0.6) is 0 Å². The molecule has 0 bridgehead atoms. The molecule has 3 nitrogen and oxygen atoms in total. The van der Waals surface area contributed by atoms with Gasteiger partial charge in [-0.15, -0.1) is 0 Å². The Kier molecular flexibility index (Phi) is 7.56.